The molecule has 0 amide bonds. The maximum absolute atomic E-state index is 11.2. The summed E-state index contributed by atoms with van der Waals surface area (Å²) >= 11 is 1.41. The van der Waals surface area contributed by atoms with E-state index in [2.05, 4.69) is 9.97 Å². The van der Waals surface area contributed by atoms with Gasteiger partial charge in [0.1, 0.15) is 5.82 Å². The molecule has 0 saturated heterocycles. The van der Waals surface area contributed by atoms with Gasteiger partial charge in [-0.1, -0.05) is 11.3 Å². The summed E-state index contributed by atoms with van der Waals surface area (Å²) in [6.07, 6.45) is 5.30. The Morgan fingerprint density at radius 3 is 2.82 bits per heavy atom. The monoisotopic (exact) mass is 250 g/mol. The van der Waals surface area contributed by atoms with Gasteiger partial charge in [0.25, 0.3) is 0 Å². The van der Waals surface area contributed by atoms with Crippen LogP contribution in [-0.2, 0) is 13.6 Å². The summed E-state index contributed by atoms with van der Waals surface area (Å²) < 4.78 is 1.97. The van der Waals surface area contributed by atoms with Crippen LogP contribution in [0, 0.1) is 0 Å². The number of hydrogen-bond acceptors (Lipinski definition) is 5. The summed E-state index contributed by atoms with van der Waals surface area (Å²) in [5.41, 5.74) is 0. The second-order valence-electron chi connectivity index (χ2n) is 3.87. The van der Waals surface area contributed by atoms with Gasteiger partial charge in [-0.2, -0.15) is 0 Å². The van der Waals surface area contributed by atoms with Gasteiger partial charge >= 0.3 is 0 Å². The highest BCUT2D eigenvalue weighted by Gasteiger charge is 2.11. The zero-order valence-corrected chi connectivity index (χ0v) is 10.9. The van der Waals surface area contributed by atoms with Gasteiger partial charge in [-0.05, 0) is 0 Å². The van der Waals surface area contributed by atoms with E-state index in [1.54, 1.807) is 19.3 Å². The summed E-state index contributed by atoms with van der Waals surface area (Å²) in [5.74, 6) is 1.02. The van der Waals surface area contributed by atoms with E-state index in [-0.39, 0.29) is 5.78 Å². The van der Waals surface area contributed by atoms with E-state index in [9.17, 15) is 4.79 Å². The van der Waals surface area contributed by atoms with E-state index in [4.69, 9.17) is 0 Å². The standard InChI is InChI=1S/C11H14N4OS/c1-8(16)9-6-13-11(17-9)15(3)7-10-12-4-5-14(10)2/h4-6H,7H2,1-3H3. The molecule has 17 heavy (non-hydrogen) atoms. The molecule has 2 rings (SSSR count). The van der Waals surface area contributed by atoms with Crippen LogP contribution in [0.4, 0.5) is 5.13 Å². The summed E-state index contributed by atoms with van der Waals surface area (Å²) in [7, 11) is 3.90. The van der Waals surface area contributed by atoms with Gasteiger partial charge in [0.2, 0.25) is 0 Å². The highest BCUT2D eigenvalue weighted by Crippen LogP contribution is 2.22. The summed E-state index contributed by atoms with van der Waals surface area (Å²) in [6.45, 7) is 2.23. The third-order valence-corrected chi connectivity index (χ3v) is 3.68. The van der Waals surface area contributed by atoms with Crippen LogP contribution in [-0.4, -0.2) is 27.4 Å². The van der Waals surface area contributed by atoms with Crippen LogP contribution in [0.3, 0.4) is 0 Å². The van der Waals surface area contributed by atoms with Gasteiger partial charge in [0.05, 0.1) is 17.6 Å². The second kappa shape index (κ2) is 4.67. The molecule has 5 nitrogen and oxygen atoms in total. The van der Waals surface area contributed by atoms with Crippen molar-refractivity contribution in [1.82, 2.24) is 14.5 Å². The normalized spacial score (nSPS) is 10.5. The zero-order chi connectivity index (χ0) is 12.4. The Hall–Kier alpha value is -1.69. The molecule has 6 heteroatoms. The Morgan fingerprint density at radius 1 is 1.53 bits per heavy atom. The molecule has 90 valence electrons. The fourth-order valence-electron chi connectivity index (χ4n) is 1.43. The van der Waals surface area contributed by atoms with Crippen molar-refractivity contribution in [2.75, 3.05) is 11.9 Å². The maximum atomic E-state index is 11.2. The molecule has 0 unspecified atom stereocenters. The number of carbonyl (C=O) groups is 1. The van der Waals surface area contributed by atoms with E-state index < -0.39 is 0 Å². The first-order valence-corrected chi connectivity index (χ1v) is 6.03. The van der Waals surface area contributed by atoms with Gasteiger partial charge in [-0.25, -0.2) is 9.97 Å². The summed E-state index contributed by atoms with van der Waals surface area (Å²) in [5, 5.41) is 0.832. The lowest BCUT2D eigenvalue weighted by Gasteiger charge is -2.14. The molecule has 2 heterocycles. The van der Waals surface area contributed by atoms with Crippen molar-refractivity contribution in [2.24, 2.45) is 7.05 Å². The minimum atomic E-state index is 0.0548. The number of rotatable bonds is 4. The Morgan fingerprint density at radius 2 is 2.29 bits per heavy atom. The zero-order valence-electron chi connectivity index (χ0n) is 10.0. The smallest absolute Gasteiger partial charge is 0.186 e. The Labute approximate surface area is 104 Å². The summed E-state index contributed by atoms with van der Waals surface area (Å²) in [6, 6.07) is 0. The van der Waals surface area contributed by atoms with Gasteiger partial charge in [-0.15, -0.1) is 0 Å². The van der Waals surface area contributed by atoms with Crippen LogP contribution in [0.2, 0.25) is 0 Å². The molecular weight excluding hydrogens is 236 g/mol. The molecule has 2 aromatic rings. The Kier molecular flexibility index (Phi) is 3.23. The van der Waals surface area contributed by atoms with Crippen molar-refractivity contribution < 1.29 is 4.79 Å². The minimum absolute atomic E-state index is 0.0548. The van der Waals surface area contributed by atoms with Crippen molar-refractivity contribution in [3.63, 3.8) is 0 Å². The molecular formula is C11H14N4OS. The quantitative estimate of drug-likeness (QED) is 0.775. The van der Waals surface area contributed by atoms with Crippen molar-refractivity contribution >= 4 is 22.3 Å². The molecule has 0 spiro atoms. The Bertz CT molecular complexity index is 531. The van der Waals surface area contributed by atoms with E-state index in [1.807, 2.05) is 29.8 Å². The van der Waals surface area contributed by atoms with E-state index in [1.165, 1.54) is 11.3 Å². The topological polar surface area (TPSA) is 51.0 Å². The lowest BCUT2D eigenvalue weighted by atomic mass is 10.4. The molecule has 0 atom stereocenters. The van der Waals surface area contributed by atoms with Crippen molar-refractivity contribution in [3.05, 3.63) is 29.3 Å². The van der Waals surface area contributed by atoms with E-state index >= 15 is 0 Å². The first-order valence-electron chi connectivity index (χ1n) is 5.22. The number of anilines is 1. The predicted molar refractivity (Wildman–Crippen MR) is 67.4 cm³/mol. The molecule has 0 N–H and O–H groups in total. The van der Waals surface area contributed by atoms with Crippen LogP contribution < -0.4 is 4.90 Å². The molecule has 0 bridgehead atoms. The second-order valence-corrected chi connectivity index (χ2v) is 4.88. The van der Waals surface area contributed by atoms with Gasteiger partial charge in [-0.3, -0.25) is 4.79 Å². The van der Waals surface area contributed by atoms with Crippen LogP contribution in [0.25, 0.3) is 0 Å². The number of ketones is 1. The first-order chi connectivity index (χ1) is 8.08. The van der Waals surface area contributed by atoms with Crippen LogP contribution >= 0.6 is 11.3 Å². The molecule has 0 radical (unpaired) electrons. The molecule has 0 fully saturated rings. The third-order valence-electron chi connectivity index (χ3n) is 2.47. The van der Waals surface area contributed by atoms with Crippen LogP contribution in [0.1, 0.15) is 22.4 Å². The number of imidazole rings is 1. The number of nitrogens with zero attached hydrogens (tertiary/aromatic N) is 4. The van der Waals surface area contributed by atoms with Crippen molar-refractivity contribution in [2.45, 2.75) is 13.5 Å². The molecule has 0 saturated carbocycles. The molecule has 0 aromatic carbocycles. The molecule has 2 aromatic heterocycles. The predicted octanol–water partition coefficient (Wildman–Crippen LogP) is 1.72. The molecule has 0 aliphatic heterocycles. The van der Waals surface area contributed by atoms with Gasteiger partial charge < -0.3 is 9.47 Å². The minimum Gasteiger partial charge on any atom is -0.344 e. The average Bonchev–Trinajstić information content (AvgIpc) is 2.88. The van der Waals surface area contributed by atoms with Crippen LogP contribution in [0.15, 0.2) is 18.6 Å². The Balaban J connectivity index is 2.12. The SMILES string of the molecule is CC(=O)c1cnc(N(C)Cc2nccn2C)s1. The number of thiazole rings is 1. The molecule has 0 aliphatic rings. The largest absolute Gasteiger partial charge is 0.344 e. The number of hydrogen-bond donors (Lipinski definition) is 0. The fourth-order valence-corrected chi connectivity index (χ4v) is 2.20. The highest BCUT2D eigenvalue weighted by molar-refractivity contribution is 7.17. The van der Waals surface area contributed by atoms with Crippen molar-refractivity contribution in [1.29, 1.82) is 0 Å². The number of aromatic nitrogens is 3. The van der Waals surface area contributed by atoms with E-state index in [0.717, 1.165) is 11.0 Å². The molecule has 0 aliphatic carbocycles. The lowest BCUT2D eigenvalue weighted by Crippen LogP contribution is -2.18. The lowest BCUT2D eigenvalue weighted by molar-refractivity contribution is 0.102. The van der Waals surface area contributed by atoms with Crippen molar-refractivity contribution in [3.8, 4) is 0 Å². The number of Topliss-reactive ketones (excluding diaryl/α,β-unsaturated/α-hetero) is 1. The third kappa shape index (κ3) is 2.52. The number of carbonyl (C=O) groups excluding carboxylic acids is 1. The van der Waals surface area contributed by atoms with Gasteiger partial charge in [0, 0.05) is 33.4 Å². The number of aryl methyl sites for hydroxylation is 1. The average molecular weight is 250 g/mol. The highest BCUT2D eigenvalue weighted by atomic mass is 32.1. The van der Waals surface area contributed by atoms with E-state index in [0.29, 0.717) is 11.4 Å². The summed E-state index contributed by atoms with van der Waals surface area (Å²) in [4.78, 5) is 22.3. The van der Waals surface area contributed by atoms with Gasteiger partial charge in [0.15, 0.2) is 10.9 Å². The fraction of sp³-hybridized carbons (Fsp3) is 0.364. The maximum Gasteiger partial charge on any atom is 0.186 e. The first kappa shape index (κ1) is 11.8. The van der Waals surface area contributed by atoms with Crippen LogP contribution in [0.5, 0.6) is 0 Å².